The van der Waals surface area contributed by atoms with Crippen molar-refractivity contribution in [2.24, 2.45) is 0 Å². The number of carbonyl (C=O) groups excluding carboxylic acids is 1. The van der Waals surface area contributed by atoms with Crippen LogP contribution >= 0.6 is 24.0 Å². The lowest BCUT2D eigenvalue weighted by molar-refractivity contribution is -0.113. The second-order valence-corrected chi connectivity index (χ2v) is 7.10. The Morgan fingerprint density at radius 1 is 0.875 bits per heavy atom. The number of benzene rings is 3. The zero-order chi connectivity index (χ0) is 16.5. The van der Waals surface area contributed by atoms with Crippen molar-refractivity contribution in [3.8, 4) is 0 Å². The molecule has 0 radical (unpaired) electrons. The summed E-state index contributed by atoms with van der Waals surface area (Å²) >= 11 is 6.76. The maximum atomic E-state index is 12.8. The number of rotatable bonds is 2. The van der Waals surface area contributed by atoms with Crippen LogP contribution in [0.3, 0.4) is 0 Å². The molecular formula is C20H13NOS2. The van der Waals surface area contributed by atoms with E-state index in [9.17, 15) is 4.79 Å². The van der Waals surface area contributed by atoms with E-state index >= 15 is 0 Å². The van der Waals surface area contributed by atoms with Crippen molar-refractivity contribution in [2.75, 3.05) is 4.90 Å². The lowest BCUT2D eigenvalue weighted by Gasteiger charge is -2.13. The van der Waals surface area contributed by atoms with Gasteiger partial charge in [0, 0.05) is 0 Å². The van der Waals surface area contributed by atoms with E-state index in [0.717, 1.165) is 22.0 Å². The second kappa shape index (κ2) is 6.23. The Labute approximate surface area is 149 Å². The highest BCUT2D eigenvalue weighted by Gasteiger charge is 2.33. The van der Waals surface area contributed by atoms with Gasteiger partial charge in [0.25, 0.3) is 5.91 Å². The van der Waals surface area contributed by atoms with Crippen LogP contribution in [0.25, 0.3) is 16.8 Å². The van der Waals surface area contributed by atoms with Gasteiger partial charge in [-0.2, -0.15) is 0 Å². The van der Waals surface area contributed by atoms with Crippen LogP contribution in [-0.4, -0.2) is 10.2 Å². The van der Waals surface area contributed by atoms with Gasteiger partial charge in [-0.05, 0) is 34.5 Å². The van der Waals surface area contributed by atoms with Gasteiger partial charge in [-0.1, -0.05) is 84.6 Å². The van der Waals surface area contributed by atoms with E-state index in [1.165, 1.54) is 11.8 Å². The molecule has 0 aromatic heterocycles. The fraction of sp³-hybridized carbons (Fsp3) is 0. The van der Waals surface area contributed by atoms with E-state index in [-0.39, 0.29) is 5.91 Å². The van der Waals surface area contributed by atoms with Crippen molar-refractivity contribution in [3.05, 3.63) is 83.3 Å². The van der Waals surface area contributed by atoms with E-state index in [0.29, 0.717) is 9.23 Å². The largest absolute Gasteiger partial charge is 0.270 e. The van der Waals surface area contributed by atoms with E-state index in [1.54, 1.807) is 4.90 Å². The minimum Gasteiger partial charge on any atom is -0.268 e. The number of amides is 1. The average Bonchev–Trinajstić information content (AvgIpc) is 2.90. The van der Waals surface area contributed by atoms with Gasteiger partial charge in [0.2, 0.25) is 0 Å². The summed E-state index contributed by atoms with van der Waals surface area (Å²) in [5.41, 5.74) is 1.84. The molecule has 4 heteroatoms. The van der Waals surface area contributed by atoms with Crippen molar-refractivity contribution in [1.82, 2.24) is 0 Å². The molecule has 2 nitrogen and oxygen atoms in total. The quantitative estimate of drug-likeness (QED) is 0.467. The first-order chi connectivity index (χ1) is 11.7. The third-order valence-corrected chi connectivity index (χ3v) is 5.22. The summed E-state index contributed by atoms with van der Waals surface area (Å²) in [5.74, 6) is -0.0656. The number of hydrogen-bond acceptors (Lipinski definition) is 3. The normalized spacial score (nSPS) is 16.3. The number of thioether (sulfide) groups is 1. The van der Waals surface area contributed by atoms with Crippen molar-refractivity contribution in [3.63, 3.8) is 0 Å². The number of fused-ring (bicyclic) bond motifs is 1. The van der Waals surface area contributed by atoms with Crippen LogP contribution in [0.5, 0.6) is 0 Å². The topological polar surface area (TPSA) is 20.3 Å². The molecule has 4 rings (SSSR count). The summed E-state index contributed by atoms with van der Waals surface area (Å²) in [5, 5.41) is 2.29. The molecule has 116 valence electrons. The first-order valence-corrected chi connectivity index (χ1v) is 8.77. The molecule has 0 N–H and O–H groups in total. The fourth-order valence-corrected chi connectivity index (χ4v) is 4.07. The third-order valence-electron chi connectivity index (χ3n) is 3.92. The van der Waals surface area contributed by atoms with Gasteiger partial charge in [0.15, 0.2) is 4.32 Å². The number of hydrogen-bond donors (Lipinski definition) is 0. The van der Waals surface area contributed by atoms with Crippen LogP contribution in [0.4, 0.5) is 5.69 Å². The Morgan fingerprint density at radius 3 is 2.42 bits per heavy atom. The fourth-order valence-electron chi connectivity index (χ4n) is 2.78. The second-order valence-electron chi connectivity index (χ2n) is 5.42. The lowest BCUT2D eigenvalue weighted by atomic mass is 10.0. The molecule has 0 unspecified atom stereocenters. The summed E-state index contributed by atoms with van der Waals surface area (Å²) in [6.45, 7) is 0. The molecule has 1 aliphatic rings. The van der Waals surface area contributed by atoms with E-state index in [4.69, 9.17) is 12.2 Å². The van der Waals surface area contributed by atoms with Crippen LogP contribution in [0.2, 0.25) is 0 Å². The zero-order valence-electron chi connectivity index (χ0n) is 12.7. The van der Waals surface area contributed by atoms with Crippen molar-refractivity contribution in [2.45, 2.75) is 0 Å². The monoisotopic (exact) mass is 347 g/mol. The first kappa shape index (κ1) is 15.1. The van der Waals surface area contributed by atoms with Gasteiger partial charge in [0.05, 0.1) is 10.6 Å². The van der Waals surface area contributed by atoms with Gasteiger partial charge >= 0.3 is 0 Å². The molecular weight excluding hydrogens is 334 g/mol. The highest BCUT2D eigenvalue weighted by molar-refractivity contribution is 8.27. The molecule has 3 aromatic rings. The molecule has 1 saturated heterocycles. The van der Waals surface area contributed by atoms with E-state index < -0.39 is 0 Å². The van der Waals surface area contributed by atoms with E-state index in [1.807, 2.05) is 60.7 Å². The van der Waals surface area contributed by atoms with E-state index in [2.05, 4.69) is 18.2 Å². The van der Waals surface area contributed by atoms with Crippen LogP contribution in [0, 0.1) is 0 Å². The zero-order valence-corrected chi connectivity index (χ0v) is 14.3. The van der Waals surface area contributed by atoms with Crippen LogP contribution in [-0.2, 0) is 4.79 Å². The van der Waals surface area contributed by atoms with Crippen LogP contribution < -0.4 is 4.90 Å². The predicted octanol–water partition coefficient (Wildman–Crippen LogP) is 5.25. The Balaban J connectivity index is 1.76. The number of thiocarbonyl (C=S) groups is 1. The van der Waals surface area contributed by atoms with Gasteiger partial charge < -0.3 is 0 Å². The summed E-state index contributed by atoms with van der Waals surface area (Å²) in [6, 6.07) is 23.8. The first-order valence-electron chi connectivity index (χ1n) is 7.55. The number of carbonyl (C=O) groups is 1. The molecule has 1 amide bonds. The highest BCUT2D eigenvalue weighted by atomic mass is 32.2. The Bertz CT molecular complexity index is 974. The highest BCUT2D eigenvalue weighted by Crippen LogP contribution is 2.36. The van der Waals surface area contributed by atoms with Gasteiger partial charge in [-0.3, -0.25) is 9.69 Å². The predicted molar refractivity (Wildman–Crippen MR) is 106 cm³/mol. The molecule has 1 heterocycles. The number of anilines is 1. The van der Waals surface area contributed by atoms with Gasteiger partial charge in [-0.15, -0.1) is 0 Å². The standard InChI is InChI=1S/C20H13NOS2/c22-19-18(24-20(23)21(19)16-10-2-1-3-11-16)13-15-9-6-8-14-7-4-5-12-17(14)15/h1-13H/b18-13-. The van der Waals surface area contributed by atoms with Crippen molar-refractivity contribution < 1.29 is 4.79 Å². The van der Waals surface area contributed by atoms with Crippen LogP contribution in [0.15, 0.2) is 77.7 Å². The summed E-state index contributed by atoms with van der Waals surface area (Å²) in [7, 11) is 0. The minimum atomic E-state index is -0.0656. The summed E-state index contributed by atoms with van der Waals surface area (Å²) < 4.78 is 0.567. The smallest absolute Gasteiger partial charge is 0.268 e. The molecule has 1 fully saturated rings. The molecule has 0 aliphatic carbocycles. The number of nitrogens with zero attached hydrogens (tertiary/aromatic N) is 1. The molecule has 0 saturated carbocycles. The average molecular weight is 347 g/mol. The Morgan fingerprint density at radius 2 is 1.58 bits per heavy atom. The van der Waals surface area contributed by atoms with Crippen molar-refractivity contribution >= 4 is 56.7 Å². The summed E-state index contributed by atoms with van der Waals surface area (Å²) in [6.07, 6.45) is 1.94. The molecule has 1 aliphatic heterocycles. The number of para-hydroxylation sites is 1. The van der Waals surface area contributed by atoms with Crippen LogP contribution in [0.1, 0.15) is 5.56 Å². The Kier molecular flexibility index (Phi) is 3.92. The van der Waals surface area contributed by atoms with Gasteiger partial charge in [-0.25, -0.2) is 0 Å². The third kappa shape index (κ3) is 2.64. The molecule has 24 heavy (non-hydrogen) atoms. The maximum absolute atomic E-state index is 12.8. The summed E-state index contributed by atoms with van der Waals surface area (Å²) in [4.78, 5) is 15.1. The lowest BCUT2D eigenvalue weighted by Crippen LogP contribution is -2.27. The molecule has 0 atom stereocenters. The molecule has 0 bridgehead atoms. The Hall–Kier alpha value is -2.43. The van der Waals surface area contributed by atoms with Gasteiger partial charge in [0.1, 0.15) is 0 Å². The molecule has 3 aromatic carbocycles. The molecule has 0 spiro atoms. The SMILES string of the molecule is O=C1/C(=C/c2cccc3ccccc23)SC(=S)N1c1ccccc1. The maximum Gasteiger partial charge on any atom is 0.270 e. The minimum absolute atomic E-state index is 0.0656. The van der Waals surface area contributed by atoms with Crippen molar-refractivity contribution in [1.29, 1.82) is 0 Å².